The zero-order valence-electron chi connectivity index (χ0n) is 12.1. The Morgan fingerprint density at radius 3 is 2.70 bits per heavy atom. The van der Waals surface area contributed by atoms with Crippen molar-refractivity contribution in [1.82, 2.24) is 9.97 Å². The summed E-state index contributed by atoms with van der Waals surface area (Å²) in [5.74, 6) is 1.84. The van der Waals surface area contributed by atoms with Crippen molar-refractivity contribution in [2.24, 2.45) is 0 Å². The van der Waals surface area contributed by atoms with E-state index in [1.54, 1.807) is 6.33 Å². The van der Waals surface area contributed by atoms with Crippen LogP contribution in [0.3, 0.4) is 0 Å². The molecule has 0 unspecified atom stereocenters. The lowest BCUT2D eigenvalue weighted by Crippen LogP contribution is -1.97. The summed E-state index contributed by atoms with van der Waals surface area (Å²) in [4.78, 5) is 8.44. The van der Waals surface area contributed by atoms with Crippen LogP contribution in [0.5, 0.6) is 11.6 Å². The number of nitrogens with zero attached hydrogens (tertiary/aromatic N) is 2. The van der Waals surface area contributed by atoms with E-state index in [1.165, 1.54) is 0 Å². The molecule has 20 heavy (non-hydrogen) atoms. The molecule has 4 heteroatoms. The first-order chi connectivity index (χ1) is 9.60. The highest BCUT2D eigenvalue weighted by Gasteiger charge is 2.10. The van der Waals surface area contributed by atoms with Gasteiger partial charge in [-0.15, -0.1) is 0 Å². The number of halogens is 1. The smallest absolute Gasteiger partial charge is 0.222 e. The molecule has 0 radical (unpaired) electrons. The van der Waals surface area contributed by atoms with E-state index >= 15 is 0 Å². The Kier molecular flexibility index (Phi) is 5.12. The third kappa shape index (κ3) is 3.79. The molecule has 0 fully saturated rings. The van der Waals surface area contributed by atoms with Crippen LogP contribution in [0, 0.1) is 0 Å². The number of ether oxygens (including phenoxy) is 1. The second kappa shape index (κ2) is 6.84. The molecule has 0 aliphatic carbocycles. The molecule has 0 N–H and O–H groups in total. The number of hydrogen-bond acceptors (Lipinski definition) is 3. The molecule has 2 aromatic rings. The van der Waals surface area contributed by atoms with Gasteiger partial charge in [-0.25, -0.2) is 9.97 Å². The molecule has 0 aliphatic heterocycles. The maximum Gasteiger partial charge on any atom is 0.222 e. The van der Waals surface area contributed by atoms with E-state index in [9.17, 15) is 0 Å². The van der Waals surface area contributed by atoms with Crippen molar-refractivity contribution in [3.8, 4) is 11.6 Å². The van der Waals surface area contributed by atoms with Gasteiger partial charge in [0.2, 0.25) is 5.88 Å². The summed E-state index contributed by atoms with van der Waals surface area (Å²) >= 11 is 3.50. The van der Waals surface area contributed by atoms with E-state index in [4.69, 9.17) is 4.74 Å². The van der Waals surface area contributed by atoms with E-state index in [-0.39, 0.29) is 0 Å². The monoisotopic (exact) mass is 334 g/mol. The Balaban J connectivity index is 2.27. The molecule has 0 aliphatic rings. The molecular weight excluding hydrogens is 316 g/mol. The van der Waals surface area contributed by atoms with Gasteiger partial charge >= 0.3 is 0 Å². The Labute approximate surface area is 128 Å². The van der Waals surface area contributed by atoms with Crippen molar-refractivity contribution in [3.63, 3.8) is 0 Å². The number of aryl methyl sites for hydroxylation is 1. The molecule has 1 aromatic heterocycles. The van der Waals surface area contributed by atoms with E-state index in [2.05, 4.69) is 52.7 Å². The highest BCUT2D eigenvalue weighted by Crippen LogP contribution is 2.32. The minimum Gasteiger partial charge on any atom is -0.439 e. The van der Waals surface area contributed by atoms with E-state index in [0.717, 1.165) is 34.3 Å². The Morgan fingerprint density at radius 1 is 1.20 bits per heavy atom. The Morgan fingerprint density at radius 2 is 2.00 bits per heavy atom. The van der Waals surface area contributed by atoms with Crippen LogP contribution < -0.4 is 4.74 Å². The summed E-state index contributed by atoms with van der Waals surface area (Å²) in [6.45, 7) is 6.43. The standard InChI is InChI=1S/C16H19BrN2O/c1-4-5-13-9-16(19-10-18-13)20-15-7-6-12(17)8-14(15)11(2)3/h6-11H,4-5H2,1-3H3. The third-order valence-corrected chi connectivity index (χ3v) is 3.51. The maximum absolute atomic E-state index is 5.94. The van der Waals surface area contributed by atoms with Crippen molar-refractivity contribution in [1.29, 1.82) is 0 Å². The third-order valence-electron chi connectivity index (χ3n) is 3.01. The summed E-state index contributed by atoms with van der Waals surface area (Å²) < 4.78 is 7.00. The van der Waals surface area contributed by atoms with Gasteiger partial charge in [0.15, 0.2) is 0 Å². The van der Waals surface area contributed by atoms with E-state index in [1.807, 2.05) is 18.2 Å². The van der Waals surface area contributed by atoms with Crippen molar-refractivity contribution >= 4 is 15.9 Å². The predicted molar refractivity (Wildman–Crippen MR) is 84.3 cm³/mol. The summed E-state index contributed by atoms with van der Waals surface area (Å²) in [6.07, 6.45) is 3.57. The average molecular weight is 335 g/mol. The van der Waals surface area contributed by atoms with Crippen molar-refractivity contribution in [2.75, 3.05) is 0 Å². The summed E-state index contributed by atoms with van der Waals surface area (Å²) in [7, 11) is 0. The molecule has 1 aromatic carbocycles. The number of aromatic nitrogens is 2. The van der Waals surface area contributed by atoms with Gasteiger partial charge in [-0.1, -0.05) is 43.1 Å². The summed E-state index contributed by atoms with van der Waals surface area (Å²) in [5.41, 5.74) is 2.18. The highest BCUT2D eigenvalue weighted by atomic mass is 79.9. The lowest BCUT2D eigenvalue weighted by Gasteiger charge is -2.13. The Hall–Kier alpha value is -1.42. The van der Waals surface area contributed by atoms with Crippen molar-refractivity contribution in [3.05, 3.63) is 46.3 Å². The van der Waals surface area contributed by atoms with Crippen LogP contribution in [-0.4, -0.2) is 9.97 Å². The first-order valence-electron chi connectivity index (χ1n) is 6.88. The molecule has 106 valence electrons. The SMILES string of the molecule is CCCc1cc(Oc2ccc(Br)cc2C(C)C)ncn1. The minimum atomic E-state index is 0.388. The van der Waals surface area contributed by atoms with Crippen molar-refractivity contribution in [2.45, 2.75) is 39.5 Å². The second-order valence-corrected chi connectivity index (χ2v) is 5.95. The molecule has 0 spiro atoms. The zero-order valence-corrected chi connectivity index (χ0v) is 13.6. The molecule has 0 saturated heterocycles. The van der Waals surface area contributed by atoms with Gasteiger partial charge in [-0.05, 0) is 36.1 Å². The van der Waals surface area contributed by atoms with Crippen LogP contribution >= 0.6 is 15.9 Å². The van der Waals surface area contributed by atoms with Crippen LogP contribution in [0.1, 0.15) is 44.4 Å². The van der Waals surface area contributed by atoms with Gasteiger partial charge < -0.3 is 4.74 Å². The fourth-order valence-corrected chi connectivity index (χ4v) is 2.38. The van der Waals surface area contributed by atoms with Crippen LogP contribution in [0.25, 0.3) is 0 Å². The second-order valence-electron chi connectivity index (χ2n) is 5.04. The molecule has 0 atom stereocenters. The largest absolute Gasteiger partial charge is 0.439 e. The topological polar surface area (TPSA) is 35.0 Å². The van der Waals surface area contributed by atoms with Crippen LogP contribution in [0.2, 0.25) is 0 Å². The summed E-state index contributed by atoms with van der Waals surface area (Å²) in [6, 6.07) is 7.96. The molecular formula is C16H19BrN2O. The summed E-state index contributed by atoms with van der Waals surface area (Å²) in [5, 5.41) is 0. The molecule has 3 nitrogen and oxygen atoms in total. The van der Waals surface area contributed by atoms with Crippen LogP contribution in [0.4, 0.5) is 0 Å². The number of hydrogen-bond donors (Lipinski definition) is 0. The normalized spacial score (nSPS) is 10.8. The lowest BCUT2D eigenvalue weighted by atomic mass is 10.0. The molecule has 0 bridgehead atoms. The zero-order chi connectivity index (χ0) is 14.5. The van der Waals surface area contributed by atoms with Crippen molar-refractivity contribution < 1.29 is 4.74 Å². The number of rotatable bonds is 5. The Bertz CT molecular complexity index is 584. The molecule has 2 rings (SSSR count). The van der Waals surface area contributed by atoms with E-state index < -0.39 is 0 Å². The van der Waals surface area contributed by atoms with Gasteiger partial charge in [0.05, 0.1) is 0 Å². The predicted octanol–water partition coefficient (Wildman–Crippen LogP) is 5.11. The molecule has 0 saturated carbocycles. The molecule has 0 amide bonds. The van der Waals surface area contributed by atoms with Gasteiger partial charge in [-0.3, -0.25) is 0 Å². The van der Waals surface area contributed by atoms with E-state index in [0.29, 0.717) is 11.8 Å². The first-order valence-corrected chi connectivity index (χ1v) is 7.67. The quantitative estimate of drug-likeness (QED) is 0.762. The first kappa shape index (κ1) is 15.0. The van der Waals surface area contributed by atoms with Gasteiger partial charge in [0.25, 0.3) is 0 Å². The highest BCUT2D eigenvalue weighted by molar-refractivity contribution is 9.10. The van der Waals surface area contributed by atoms with Gasteiger partial charge in [0, 0.05) is 16.2 Å². The number of benzene rings is 1. The van der Waals surface area contributed by atoms with Gasteiger partial charge in [0.1, 0.15) is 12.1 Å². The van der Waals surface area contributed by atoms with Crippen LogP contribution in [0.15, 0.2) is 35.1 Å². The fraction of sp³-hybridized carbons (Fsp3) is 0.375. The average Bonchev–Trinajstić information content (AvgIpc) is 2.41. The maximum atomic E-state index is 5.94. The minimum absolute atomic E-state index is 0.388. The lowest BCUT2D eigenvalue weighted by molar-refractivity contribution is 0.451. The fourth-order valence-electron chi connectivity index (χ4n) is 2.00. The van der Waals surface area contributed by atoms with Gasteiger partial charge in [-0.2, -0.15) is 0 Å². The molecule has 1 heterocycles. The van der Waals surface area contributed by atoms with Crippen LogP contribution in [-0.2, 0) is 6.42 Å².